The minimum Gasteiger partial charge on any atom is -0.457 e. The van der Waals surface area contributed by atoms with E-state index in [1.807, 2.05) is 11.3 Å². The lowest BCUT2D eigenvalue weighted by Gasteiger charge is -2.23. The van der Waals surface area contributed by atoms with E-state index in [0.717, 1.165) is 0 Å². The van der Waals surface area contributed by atoms with Crippen LogP contribution in [-0.4, -0.2) is 43.0 Å². The zero-order valence-electron chi connectivity index (χ0n) is 19.5. The molecule has 1 heterocycles. The molecule has 10 heteroatoms. The SMILES string of the molecule is COC(NC(=O)OC(C)(C)C)C(=C=O)c1ccc(Oc2ccc(C=C3OC(=O)NC3=O)cc2)cc1. The molecule has 0 aromatic heterocycles. The standard InChI is InChI=1S/C25H24N2O8/c1-25(2,3)35-24(31)27-22(32-4)19(14-28)16-7-11-18(12-8-16)33-17-9-5-15(6-10-17)13-20-21(29)26-23(30)34-20/h5-13,22H,1-4H3,(H,27,31)(H,26,29,30). The molecule has 2 N–H and O–H groups in total. The fourth-order valence-electron chi connectivity index (χ4n) is 2.97. The van der Waals surface area contributed by atoms with Crippen molar-refractivity contribution in [2.24, 2.45) is 0 Å². The second kappa shape index (κ2) is 10.7. The number of hydrogen-bond donors (Lipinski definition) is 2. The zero-order chi connectivity index (χ0) is 25.6. The molecule has 1 unspecified atom stereocenters. The number of methoxy groups -OCH3 is 1. The number of hydrogen-bond acceptors (Lipinski definition) is 8. The summed E-state index contributed by atoms with van der Waals surface area (Å²) in [5.74, 6) is 2.13. The van der Waals surface area contributed by atoms with Gasteiger partial charge in [-0.05, 0) is 62.2 Å². The van der Waals surface area contributed by atoms with Gasteiger partial charge in [0, 0.05) is 7.11 Å². The van der Waals surface area contributed by atoms with Gasteiger partial charge >= 0.3 is 12.2 Å². The van der Waals surface area contributed by atoms with E-state index in [9.17, 15) is 19.2 Å². The Bertz CT molecular complexity index is 1190. The van der Waals surface area contributed by atoms with Gasteiger partial charge in [0.2, 0.25) is 0 Å². The first-order valence-electron chi connectivity index (χ1n) is 10.5. The molecule has 0 aliphatic carbocycles. The smallest absolute Gasteiger partial charge is 0.419 e. The third-order valence-corrected chi connectivity index (χ3v) is 4.48. The van der Waals surface area contributed by atoms with E-state index in [0.29, 0.717) is 22.6 Å². The van der Waals surface area contributed by atoms with Crippen molar-refractivity contribution in [1.29, 1.82) is 0 Å². The first-order valence-corrected chi connectivity index (χ1v) is 10.5. The Kier molecular flexibility index (Phi) is 7.70. The second-order valence-electron chi connectivity index (χ2n) is 8.33. The predicted molar refractivity (Wildman–Crippen MR) is 125 cm³/mol. The van der Waals surface area contributed by atoms with E-state index in [4.69, 9.17) is 18.9 Å². The number of benzene rings is 2. The molecule has 0 radical (unpaired) electrons. The van der Waals surface area contributed by atoms with Crippen molar-refractivity contribution < 1.29 is 38.1 Å². The van der Waals surface area contributed by atoms with Gasteiger partial charge in [-0.25, -0.2) is 14.4 Å². The molecule has 1 aliphatic rings. The summed E-state index contributed by atoms with van der Waals surface area (Å²) in [6.45, 7) is 5.16. The molecule has 0 bridgehead atoms. The van der Waals surface area contributed by atoms with Crippen LogP contribution in [0.4, 0.5) is 9.59 Å². The van der Waals surface area contributed by atoms with E-state index in [1.165, 1.54) is 13.2 Å². The van der Waals surface area contributed by atoms with Gasteiger partial charge in [0.25, 0.3) is 5.91 Å². The lowest BCUT2D eigenvalue weighted by Crippen LogP contribution is -2.40. The van der Waals surface area contributed by atoms with E-state index >= 15 is 0 Å². The maximum Gasteiger partial charge on any atom is 0.419 e. The third-order valence-electron chi connectivity index (χ3n) is 4.48. The number of amides is 3. The molecular weight excluding hydrogens is 456 g/mol. The van der Waals surface area contributed by atoms with E-state index in [2.05, 4.69) is 5.32 Å². The normalized spacial score (nSPS) is 15.0. The Morgan fingerprint density at radius 3 is 2.14 bits per heavy atom. The summed E-state index contributed by atoms with van der Waals surface area (Å²) < 4.78 is 21.0. The minimum atomic E-state index is -1.06. The van der Waals surface area contributed by atoms with Gasteiger partial charge in [-0.3, -0.25) is 15.4 Å². The largest absolute Gasteiger partial charge is 0.457 e. The molecule has 1 saturated heterocycles. The summed E-state index contributed by atoms with van der Waals surface area (Å²) >= 11 is 0. The van der Waals surface area contributed by atoms with Crippen LogP contribution in [0.2, 0.25) is 0 Å². The highest BCUT2D eigenvalue weighted by atomic mass is 16.6. The number of rotatable bonds is 7. The summed E-state index contributed by atoms with van der Waals surface area (Å²) in [4.78, 5) is 46.3. The van der Waals surface area contributed by atoms with Crippen LogP contribution in [-0.2, 0) is 23.8 Å². The van der Waals surface area contributed by atoms with E-state index in [-0.39, 0.29) is 11.3 Å². The Balaban J connectivity index is 1.66. The average molecular weight is 480 g/mol. The predicted octanol–water partition coefficient (Wildman–Crippen LogP) is 3.80. The fraction of sp³-hybridized carbons (Fsp3) is 0.240. The molecule has 2 aromatic carbocycles. The molecule has 1 aliphatic heterocycles. The zero-order valence-corrected chi connectivity index (χ0v) is 19.5. The average Bonchev–Trinajstić information content (AvgIpc) is 3.11. The Hall–Kier alpha value is -4.40. The van der Waals surface area contributed by atoms with Crippen LogP contribution < -0.4 is 15.4 Å². The quantitative estimate of drug-likeness (QED) is 0.348. The lowest BCUT2D eigenvalue weighted by molar-refractivity contribution is -0.116. The molecule has 35 heavy (non-hydrogen) atoms. The number of carbonyl (C=O) groups excluding carboxylic acids is 4. The number of carbonyl (C=O) groups is 3. The highest BCUT2D eigenvalue weighted by molar-refractivity contribution is 6.09. The van der Waals surface area contributed by atoms with Gasteiger partial charge in [-0.1, -0.05) is 24.3 Å². The topological polar surface area (TPSA) is 129 Å². The van der Waals surface area contributed by atoms with Crippen LogP contribution in [0.3, 0.4) is 0 Å². The number of alkyl carbamates (subject to hydrolysis) is 2. The summed E-state index contributed by atoms with van der Waals surface area (Å²) in [5.41, 5.74) is 0.483. The van der Waals surface area contributed by atoms with E-state index in [1.54, 1.807) is 69.3 Å². The van der Waals surface area contributed by atoms with Crippen LogP contribution in [0.25, 0.3) is 11.6 Å². The molecule has 0 saturated carbocycles. The molecule has 1 atom stereocenters. The van der Waals surface area contributed by atoms with Crippen molar-refractivity contribution in [2.75, 3.05) is 7.11 Å². The van der Waals surface area contributed by atoms with Crippen LogP contribution in [0, 0.1) is 0 Å². The number of ether oxygens (including phenoxy) is 4. The van der Waals surface area contributed by atoms with Gasteiger partial charge in [0.15, 0.2) is 12.0 Å². The summed E-state index contributed by atoms with van der Waals surface area (Å²) in [6, 6.07) is 13.3. The van der Waals surface area contributed by atoms with Crippen molar-refractivity contribution >= 4 is 35.7 Å². The van der Waals surface area contributed by atoms with Crippen LogP contribution in [0.5, 0.6) is 11.5 Å². The minimum absolute atomic E-state index is 0.0824. The van der Waals surface area contributed by atoms with Crippen LogP contribution in [0.1, 0.15) is 31.9 Å². The van der Waals surface area contributed by atoms with Gasteiger partial charge in [-0.2, -0.15) is 0 Å². The third kappa shape index (κ3) is 7.04. The first kappa shape index (κ1) is 25.2. The molecule has 10 nitrogen and oxygen atoms in total. The molecule has 3 rings (SSSR count). The molecule has 1 fully saturated rings. The van der Waals surface area contributed by atoms with Gasteiger partial charge in [0.05, 0.1) is 5.57 Å². The van der Waals surface area contributed by atoms with Gasteiger partial charge in [0.1, 0.15) is 23.0 Å². The van der Waals surface area contributed by atoms with Crippen molar-refractivity contribution in [3.8, 4) is 11.5 Å². The maximum atomic E-state index is 12.1. The van der Waals surface area contributed by atoms with E-state index < -0.39 is 29.9 Å². The second-order valence-corrected chi connectivity index (χ2v) is 8.33. The van der Waals surface area contributed by atoms with Crippen LogP contribution in [0.15, 0.2) is 54.3 Å². The monoisotopic (exact) mass is 480 g/mol. The first-order chi connectivity index (χ1) is 16.6. The van der Waals surface area contributed by atoms with Crippen molar-refractivity contribution in [3.63, 3.8) is 0 Å². The Morgan fingerprint density at radius 2 is 1.66 bits per heavy atom. The molecule has 2 aromatic rings. The molecular formula is C25H24N2O8. The summed E-state index contributed by atoms with van der Waals surface area (Å²) in [5, 5.41) is 4.51. The number of imide groups is 1. The summed E-state index contributed by atoms with van der Waals surface area (Å²) in [6.07, 6.45) is -1.17. The number of nitrogens with one attached hydrogen (secondary N) is 2. The summed E-state index contributed by atoms with van der Waals surface area (Å²) in [7, 11) is 1.35. The Morgan fingerprint density at radius 1 is 1.06 bits per heavy atom. The fourth-order valence-corrected chi connectivity index (χ4v) is 2.97. The molecule has 182 valence electrons. The van der Waals surface area contributed by atoms with Crippen LogP contribution >= 0.6 is 0 Å². The number of cyclic esters (lactones) is 1. The lowest BCUT2D eigenvalue weighted by atomic mass is 10.1. The highest BCUT2D eigenvalue weighted by Crippen LogP contribution is 2.25. The maximum absolute atomic E-state index is 12.1. The van der Waals surface area contributed by atoms with Crippen molar-refractivity contribution in [1.82, 2.24) is 10.6 Å². The van der Waals surface area contributed by atoms with Crippen molar-refractivity contribution in [2.45, 2.75) is 32.6 Å². The van der Waals surface area contributed by atoms with Crippen molar-refractivity contribution in [3.05, 3.63) is 65.4 Å². The van der Waals surface area contributed by atoms with Gasteiger partial charge < -0.3 is 18.9 Å². The Labute approximate surface area is 201 Å². The van der Waals surface area contributed by atoms with Gasteiger partial charge in [-0.15, -0.1) is 0 Å². The molecule has 0 spiro atoms. The highest BCUT2D eigenvalue weighted by Gasteiger charge is 2.26. The molecule has 3 amide bonds.